The predicted octanol–water partition coefficient (Wildman–Crippen LogP) is 3.08. The van der Waals surface area contributed by atoms with Crippen LogP contribution in [-0.4, -0.2) is 25.2 Å². The van der Waals surface area contributed by atoms with E-state index < -0.39 is 0 Å². The van der Waals surface area contributed by atoms with Crippen molar-refractivity contribution in [1.82, 2.24) is 10.6 Å². The van der Waals surface area contributed by atoms with Gasteiger partial charge in [0.05, 0.1) is 12.6 Å². The predicted molar refractivity (Wildman–Crippen MR) is 87.8 cm³/mol. The molecule has 0 atom stereocenters. The second-order valence-corrected chi connectivity index (χ2v) is 5.36. The number of hydrogen-bond acceptors (Lipinski definition) is 2. The molecule has 0 saturated heterocycles. The summed E-state index contributed by atoms with van der Waals surface area (Å²) in [5, 5.41) is 6.49. The molecule has 2 N–H and O–H groups in total. The molecule has 4 heteroatoms. The van der Waals surface area contributed by atoms with Gasteiger partial charge in [0, 0.05) is 18.7 Å². The van der Waals surface area contributed by atoms with E-state index in [4.69, 9.17) is 4.74 Å². The fourth-order valence-corrected chi connectivity index (χ4v) is 2.61. The third-order valence-electron chi connectivity index (χ3n) is 3.66. The first-order valence-electron chi connectivity index (χ1n) is 8.10. The molecular formula is C17H27N3O. The van der Waals surface area contributed by atoms with Crippen LogP contribution in [-0.2, 0) is 6.54 Å². The molecule has 1 aliphatic carbocycles. The maximum atomic E-state index is 6.15. The van der Waals surface area contributed by atoms with Crippen molar-refractivity contribution in [2.45, 2.75) is 52.2 Å². The van der Waals surface area contributed by atoms with E-state index in [2.05, 4.69) is 41.6 Å². The maximum absolute atomic E-state index is 6.15. The highest BCUT2D eigenvalue weighted by Gasteiger charge is 2.17. The van der Waals surface area contributed by atoms with Crippen LogP contribution in [0.15, 0.2) is 29.3 Å². The van der Waals surface area contributed by atoms with Gasteiger partial charge in [0.1, 0.15) is 5.75 Å². The Morgan fingerprint density at radius 1 is 1.14 bits per heavy atom. The fourth-order valence-electron chi connectivity index (χ4n) is 2.61. The monoisotopic (exact) mass is 289 g/mol. The molecule has 0 unspecified atom stereocenters. The third kappa shape index (κ3) is 4.96. The van der Waals surface area contributed by atoms with Gasteiger partial charge < -0.3 is 15.4 Å². The lowest BCUT2D eigenvalue weighted by molar-refractivity contribution is 0.208. The molecule has 0 bridgehead atoms. The molecule has 2 rings (SSSR count). The Morgan fingerprint density at radius 2 is 1.81 bits per heavy atom. The fraction of sp³-hybridized carbons (Fsp3) is 0.588. The number of ether oxygens (including phenoxy) is 1. The van der Waals surface area contributed by atoms with Crippen molar-refractivity contribution in [3.8, 4) is 5.75 Å². The normalized spacial score (nSPS) is 14.8. The van der Waals surface area contributed by atoms with Crippen molar-refractivity contribution in [3.63, 3.8) is 0 Å². The molecule has 1 aliphatic rings. The molecule has 1 saturated carbocycles. The number of benzene rings is 1. The maximum Gasteiger partial charge on any atom is 0.191 e. The summed E-state index contributed by atoms with van der Waals surface area (Å²) >= 11 is 0. The number of rotatable bonds is 6. The molecule has 0 radical (unpaired) electrons. The van der Waals surface area contributed by atoms with E-state index in [1.54, 1.807) is 0 Å². The lowest BCUT2D eigenvalue weighted by atomic mass is 10.2. The smallest absolute Gasteiger partial charge is 0.191 e. The molecule has 116 valence electrons. The van der Waals surface area contributed by atoms with Crippen LogP contribution >= 0.6 is 0 Å². The first-order valence-corrected chi connectivity index (χ1v) is 8.10. The first kappa shape index (κ1) is 15.7. The largest absolute Gasteiger partial charge is 0.490 e. The summed E-state index contributed by atoms with van der Waals surface area (Å²) in [5.74, 6) is 1.84. The van der Waals surface area contributed by atoms with Gasteiger partial charge in [-0.05, 0) is 45.6 Å². The zero-order chi connectivity index (χ0) is 14.9. The molecule has 0 aromatic heterocycles. The van der Waals surface area contributed by atoms with E-state index >= 15 is 0 Å². The number of guanidine groups is 1. The van der Waals surface area contributed by atoms with Gasteiger partial charge >= 0.3 is 0 Å². The third-order valence-corrected chi connectivity index (χ3v) is 3.66. The number of nitrogens with one attached hydrogen (secondary N) is 2. The number of para-hydroxylation sites is 1. The molecule has 1 fully saturated rings. The molecule has 1 aromatic carbocycles. The van der Waals surface area contributed by atoms with E-state index in [0.29, 0.717) is 12.6 Å². The Kier molecular flexibility index (Phi) is 6.38. The van der Waals surface area contributed by atoms with Crippen LogP contribution < -0.4 is 15.4 Å². The minimum Gasteiger partial charge on any atom is -0.490 e. The topological polar surface area (TPSA) is 45.7 Å². The van der Waals surface area contributed by atoms with Crippen molar-refractivity contribution in [2.75, 3.05) is 13.1 Å². The molecule has 0 aliphatic heterocycles. The van der Waals surface area contributed by atoms with E-state index in [0.717, 1.165) is 30.4 Å². The lowest BCUT2D eigenvalue weighted by Gasteiger charge is -2.16. The highest BCUT2D eigenvalue weighted by atomic mass is 16.5. The SMILES string of the molecule is CCNC(=NCc1ccccc1OC1CCCC1)NCC. The molecular weight excluding hydrogens is 262 g/mol. The summed E-state index contributed by atoms with van der Waals surface area (Å²) in [6, 6.07) is 8.24. The van der Waals surface area contributed by atoms with E-state index in [1.165, 1.54) is 25.7 Å². The second-order valence-electron chi connectivity index (χ2n) is 5.36. The van der Waals surface area contributed by atoms with Gasteiger partial charge in [-0.3, -0.25) is 0 Å². The molecule has 21 heavy (non-hydrogen) atoms. The van der Waals surface area contributed by atoms with Gasteiger partial charge in [0.2, 0.25) is 0 Å². The summed E-state index contributed by atoms with van der Waals surface area (Å²) in [6.07, 6.45) is 5.32. The van der Waals surface area contributed by atoms with Crippen LogP contribution in [0.5, 0.6) is 5.75 Å². The summed E-state index contributed by atoms with van der Waals surface area (Å²) in [4.78, 5) is 4.62. The number of aliphatic imine (C=N–C) groups is 1. The van der Waals surface area contributed by atoms with Crippen LogP contribution in [0.2, 0.25) is 0 Å². The lowest BCUT2D eigenvalue weighted by Crippen LogP contribution is -2.37. The first-order chi connectivity index (χ1) is 10.3. The van der Waals surface area contributed by atoms with Gasteiger partial charge in [-0.2, -0.15) is 0 Å². The highest BCUT2D eigenvalue weighted by Crippen LogP contribution is 2.26. The second kappa shape index (κ2) is 8.55. The number of nitrogens with zero attached hydrogens (tertiary/aromatic N) is 1. The average Bonchev–Trinajstić information content (AvgIpc) is 2.99. The van der Waals surface area contributed by atoms with Gasteiger partial charge in [0.15, 0.2) is 5.96 Å². The highest BCUT2D eigenvalue weighted by molar-refractivity contribution is 5.79. The molecule has 0 spiro atoms. The number of hydrogen-bond donors (Lipinski definition) is 2. The van der Waals surface area contributed by atoms with Crippen molar-refractivity contribution in [3.05, 3.63) is 29.8 Å². The van der Waals surface area contributed by atoms with Gasteiger partial charge in [-0.1, -0.05) is 18.2 Å². The molecule has 1 aromatic rings. The van der Waals surface area contributed by atoms with E-state index in [-0.39, 0.29) is 0 Å². The van der Waals surface area contributed by atoms with Crippen LogP contribution in [0, 0.1) is 0 Å². The minimum absolute atomic E-state index is 0.386. The summed E-state index contributed by atoms with van der Waals surface area (Å²) in [7, 11) is 0. The zero-order valence-corrected chi connectivity index (χ0v) is 13.2. The van der Waals surface area contributed by atoms with Crippen molar-refractivity contribution in [1.29, 1.82) is 0 Å². The molecule has 4 nitrogen and oxygen atoms in total. The Hall–Kier alpha value is -1.71. The van der Waals surface area contributed by atoms with Crippen LogP contribution in [0.25, 0.3) is 0 Å². The Labute approximate surface area is 128 Å². The summed E-state index contributed by atoms with van der Waals surface area (Å²) in [5.41, 5.74) is 1.15. The Balaban J connectivity index is 2.02. The summed E-state index contributed by atoms with van der Waals surface area (Å²) < 4.78 is 6.15. The molecule has 0 heterocycles. The minimum atomic E-state index is 0.386. The zero-order valence-electron chi connectivity index (χ0n) is 13.2. The van der Waals surface area contributed by atoms with Gasteiger partial charge in [-0.15, -0.1) is 0 Å². The molecule has 0 amide bonds. The Morgan fingerprint density at radius 3 is 2.48 bits per heavy atom. The quantitative estimate of drug-likeness (QED) is 0.625. The summed E-state index contributed by atoms with van der Waals surface area (Å²) in [6.45, 7) is 6.52. The van der Waals surface area contributed by atoms with Crippen LogP contribution in [0.4, 0.5) is 0 Å². The Bertz CT molecular complexity index is 445. The van der Waals surface area contributed by atoms with E-state index in [1.807, 2.05) is 12.1 Å². The van der Waals surface area contributed by atoms with E-state index in [9.17, 15) is 0 Å². The van der Waals surface area contributed by atoms with Crippen molar-refractivity contribution < 1.29 is 4.74 Å². The standard InChI is InChI=1S/C17H27N3O/c1-3-18-17(19-4-2)20-13-14-9-5-8-12-16(14)21-15-10-6-7-11-15/h5,8-9,12,15H,3-4,6-7,10-11,13H2,1-2H3,(H2,18,19,20). The van der Waals surface area contributed by atoms with Gasteiger partial charge in [0.25, 0.3) is 0 Å². The average molecular weight is 289 g/mol. The van der Waals surface area contributed by atoms with Crippen molar-refractivity contribution in [2.24, 2.45) is 4.99 Å². The van der Waals surface area contributed by atoms with Gasteiger partial charge in [-0.25, -0.2) is 4.99 Å². The van der Waals surface area contributed by atoms with Crippen molar-refractivity contribution >= 4 is 5.96 Å². The van der Waals surface area contributed by atoms with Crippen LogP contribution in [0.1, 0.15) is 45.1 Å². The van der Waals surface area contributed by atoms with Crippen LogP contribution in [0.3, 0.4) is 0 Å².